The lowest BCUT2D eigenvalue weighted by atomic mass is 9.98. The molecule has 1 saturated heterocycles. The van der Waals surface area contributed by atoms with E-state index in [0.717, 1.165) is 12.8 Å². The molecule has 1 aromatic heterocycles. The highest BCUT2D eigenvalue weighted by atomic mass is 16.7. The summed E-state index contributed by atoms with van der Waals surface area (Å²) in [5, 5.41) is 2.60. The van der Waals surface area contributed by atoms with Crippen LogP contribution in [0.4, 0.5) is 0 Å². The van der Waals surface area contributed by atoms with E-state index < -0.39 is 30.7 Å². The molecule has 1 aliphatic rings. The van der Waals surface area contributed by atoms with Gasteiger partial charge in [-0.05, 0) is 32.6 Å². The van der Waals surface area contributed by atoms with E-state index in [2.05, 4.69) is 17.2 Å². The third kappa shape index (κ3) is 8.45. The summed E-state index contributed by atoms with van der Waals surface area (Å²) in [7, 11) is 1.39. The topological polar surface area (TPSA) is 132 Å². The van der Waals surface area contributed by atoms with Gasteiger partial charge in [-0.2, -0.15) is 0 Å². The van der Waals surface area contributed by atoms with Crippen LogP contribution in [0.1, 0.15) is 50.5 Å². The number of methoxy groups -OCH3 is 1. The second kappa shape index (κ2) is 14.4. The van der Waals surface area contributed by atoms with Gasteiger partial charge in [0.25, 0.3) is 5.91 Å². The van der Waals surface area contributed by atoms with Gasteiger partial charge in [0.2, 0.25) is 6.79 Å². The zero-order chi connectivity index (χ0) is 24.9. The first kappa shape index (κ1) is 27.3. The monoisotopic (exact) mass is 482 g/mol. The fourth-order valence-electron chi connectivity index (χ4n) is 3.50. The van der Waals surface area contributed by atoms with Crippen molar-refractivity contribution in [3.05, 3.63) is 18.0 Å². The number of esters is 2. The van der Waals surface area contributed by atoms with Crippen LogP contribution in [0, 0.1) is 5.92 Å². The van der Waals surface area contributed by atoms with Gasteiger partial charge in [-0.1, -0.05) is 13.3 Å². The molecule has 11 heteroatoms. The fourth-order valence-corrected chi connectivity index (χ4v) is 3.50. The summed E-state index contributed by atoms with van der Waals surface area (Å²) in [6.45, 7) is 5.75. The van der Waals surface area contributed by atoms with Crippen molar-refractivity contribution in [2.75, 3.05) is 40.3 Å². The Kier molecular flexibility index (Phi) is 11.5. The van der Waals surface area contributed by atoms with Gasteiger partial charge >= 0.3 is 11.9 Å². The molecule has 11 nitrogen and oxygen atoms in total. The minimum absolute atomic E-state index is 0.0350. The molecular weight excluding hydrogens is 448 g/mol. The molecule has 1 aromatic rings. The Hall–Kier alpha value is -2.92. The summed E-state index contributed by atoms with van der Waals surface area (Å²) >= 11 is 0. The van der Waals surface area contributed by atoms with E-state index in [-0.39, 0.29) is 42.4 Å². The number of rotatable bonds is 11. The van der Waals surface area contributed by atoms with Gasteiger partial charge < -0.3 is 33.7 Å². The highest BCUT2D eigenvalue weighted by Crippen LogP contribution is 2.29. The molecule has 1 fully saturated rings. The summed E-state index contributed by atoms with van der Waals surface area (Å²) in [5.41, 5.74) is -0.148. The summed E-state index contributed by atoms with van der Waals surface area (Å²) in [5.74, 6) is -1.49. The molecule has 0 aromatic carbocycles. The van der Waals surface area contributed by atoms with Crippen molar-refractivity contribution in [2.24, 2.45) is 5.92 Å². The largest absolute Gasteiger partial charge is 0.493 e. The van der Waals surface area contributed by atoms with E-state index in [1.54, 1.807) is 6.92 Å². The van der Waals surface area contributed by atoms with Gasteiger partial charge in [-0.3, -0.25) is 4.79 Å². The van der Waals surface area contributed by atoms with Crippen molar-refractivity contribution < 1.29 is 42.8 Å². The molecule has 190 valence electrons. The third-order valence-electron chi connectivity index (χ3n) is 5.06. The lowest BCUT2D eigenvalue weighted by molar-refractivity contribution is -0.155. The summed E-state index contributed by atoms with van der Waals surface area (Å²) in [4.78, 5) is 41.3. The Bertz CT molecular complexity index is 818. The molecule has 1 N–H and O–H groups in total. The van der Waals surface area contributed by atoms with Gasteiger partial charge in [0.1, 0.15) is 6.61 Å². The number of cyclic esters (lactones) is 1. The number of amides is 1. The molecule has 2 rings (SSSR count). The van der Waals surface area contributed by atoms with Crippen molar-refractivity contribution in [3.8, 4) is 11.5 Å². The normalized spacial score (nSPS) is 20.8. The number of carbonyl (C=O) groups is 3. The summed E-state index contributed by atoms with van der Waals surface area (Å²) in [6.07, 6.45) is 3.71. The van der Waals surface area contributed by atoms with Gasteiger partial charge in [0.05, 0.1) is 19.8 Å². The molecule has 0 spiro atoms. The zero-order valence-corrected chi connectivity index (χ0v) is 20.2. The van der Waals surface area contributed by atoms with Gasteiger partial charge in [-0.15, -0.1) is 0 Å². The summed E-state index contributed by atoms with van der Waals surface area (Å²) in [6, 6.07) is 0.460. The Morgan fingerprint density at radius 3 is 2.76 bits per heavy atom. The number of hydrogen-bond acceptors (Lipinski definition) is 10. The van der Waals surface area contributed by atoms with Crippen LogP contribution < -0.4 is 14.8 Å². The number of nitrogens with one attached hydrogen (secondary N) is 1. The molecule has 0 bridgehead atoms. The molecule has 2 unspecified atom stereocenters. The molecular formula is C23H34N2O9. The van der Waals surface area contributed by atoms with E-state index in [1.807, 2.05) is 6.92 Å². The van der Waals surface area contributed by atoms with E-state index in [9.17, 15) is 14.4 Å². The van der Waals surface area contributed by atoms with Crippen LogP contribution in [0.25, 0.3) is 0 Å². The first-order valence-electron chi connectivity index (χ1n) is 11.4. The van der Waals surface area contributed by atoms with Crippen LogP contribution in [-0.4, -0.2) is 75.3 Å². The molecule has 2 heterocycles. The van der Waals surface area contributed by atoms with Crippen LogP contribution in [0.5, 0.6) is 11.5 Å². The van der Waals surface area contributed by atoms with Crippen molar-refractivity contribution in [1.82, 2.24) is 10.3 Å². The maximum absolute atomic E-state index is 13.0. The molecule has 34 heavy (non-hydrogen) atoms. The maximum Gasteiger partial charge on any atom is 0.334 e. The van der Waals surface area contributed by atoms with Crippen molar-refractivity contribution in [2.45, 2.75) is 52.2 Å². The Morgan fingerprint density at radius 2 is 2.06 bits per heavy atom. The molecule has 3 atom stereocenters. The average molecular weight is 483 g/mol. The lowest BCUT2D eigenvalue weighted by Crippen LogP contribution is -2.45. The van der Waals surface area contributed by atoms with Crippen molar-refractivity contribution in [3.63, 3.8) is 0 Å². The second-order valence-corrected chi connectivity index (χ2v) is 7.81. The smallest absolute Gasteiger partial charge is 0.334 e. The standard InChI is InChI=1S/C23H34N2O9/c1-5-7-16-10-15(3)34-23(28)17(12-31-11-16)25-22(27)20-21(18(29-4)8-9-24-20)33-14-32-19(26)13-30-6-2/h8-9,15-17H,5-7,10-14H2,1-4H3,(H,25,27)/t15?,16?,17-/m0/s1. The second-order valence-electron chi connectivity index (χ2n) is 7.81. The van der Waals surface area contributed by atoms with E-state index in [0.29, 0.717) is 19.6 Å². The van der Waals surface area contributed by atoms with Gasteiger partial charge in [-0.25, -0.2) is 14.6 Å². The van der Waals surface area contributed by atoms with Crippen molar-refractivity contribution in [1.29, 1.82) is 0 Å². The SMILES string of the molecule is CCCC1COC[C@H](NC(=O)c2nccc(OC)c2OCOC(=O)COCC)C(=O)OC(C)C1. The van der Waals surface area contributed by atoms with Gasteiger partial charge in [0, 0.05) is 25.5 Å². The fraction of sp³-hybridized carbons (Fsp3) is 0.652. The number of pyridine rings is 1. The predicted molar refractivity (Wildman–Crippen MR) is 120 cm³/mol. The Morgan fingerprint density at radius 1 is 1.26 bits per heavy atom. The average Bonchev–Trinajstić information content (AvgIpc) is 2.87. The molecule has 1 amide bonds. The molecule has 1 aliphatic heterocycles. The van der Waals surface area contributed by atoms with Crippen LogP contribution in [0.2, 0.25) is 0 Å². The zero-order valence-electron chi connectivity index (χ0n) is 20.2. The number of carbonyl (C=O) groups excluding carboxylic acids is 3. The highest BCUT2D eigenvalue weighted by Gasteiger charge is 2.30. The number of ether oxygens (including phenoxy) is 6. The third-order valence-corrected chi connectivity index (χ3v) is 5.06. The molecule has 0 aliphatic carbocycles. The lowest BCUT2D eigenvalue weighted by Gasteiger charge is -2.20. The van der Waals surface area contributed by atoms with E-state index in [1.165, 1.54) is 19.4 Å². The number of nitrogens with zero attached hydrogens (tertiary/aromatic N) is 1. The number of hydrogen-bond donors (Lipinski definition) is 1. The maximum atomic E-state index is 13.0. The Labute approximate surface area is 199 Å². The van der Waals surface area contributed by atoms with Crippen LogP contribution in [0.15, 0.2) is 12.3 Å². The van der Waals surface area contributed by atoms with E-state index in [4.69, 9.17) is 28.4 Å². The highest BCUT2D eigenvalue weighted by molar-refractivity contribution is 5.98. The van der Waals surface area contributed by atoms with Crippen LogP contribution in [0.3, 0.4) is 0 Å². The van der Waals surface area contributed by atoms with Crippen molar-refractivity contribution >= 4 is 17.8 Å². The first-order valence-corrected chi connectivity index (χ1v) is 11.4. The van der Waals surface area contributed by atoms with E-state index >= 15 is 0 Å². The van der Waals surface area contributed by atoms with Crippen LogP contribution >= 0.6 is 0 Å². The predicted octanol–water partition coefficient (Wildman–Crippen LogP) is 1.87. The Balaban J connectivity index is 2.10. The minimum Gasteiger partial charge on any atom is -0.493 e. The van der Waals surface area contributed by atoms with Gasteiger partial charge in [0.15, 0.2) is 23.2 Å². The minimum atomic E-state index is -1.03. The molecule has 0 saturated carbocycles. The quantitative estimate of drug-likeness (QED) is 0.368. The summed E-state index contributed by atoms with van der Waals surface area (Å²) < 4.78 is 31.9. The number of aromatic nitrogens is 1. The molecule has 0 radical (unpaired) electrons. The van der Waals surface area contributed by atoms with Crippen LogP contribution in [-0.2, 0) is 28.5 Å². The first-order chi connectivity index (χ1) is 16.4.